The molecule has 120 valence electrons. The second-order valence-corrected chi connectivity index (χ2v) is 5.59. The van der Waals surface area contributed by atoms with Crippen molar-refractivity contribution < 1.29 is 18.9 Å². The van der Waals surface area contributed by atoms with Gasteiger partial charge in [0, 0.05) is 6.54 Å². The zero-order valence-corrected chi connectivity index (χ0v) is 12.8. The summed E-state index contributed by atoms with van der Waals surface area (Å²) in [5, 5.41) is 3.45. The van der Waals surface area contributed by atoms with Crippen molar-refractivity contribution in [3.05, 3.63) is 47.5 Å². The van der Waals surface area contributed by atoms with E-state index in [1.54, 1.807) is 0 Å². The fraction of sp³-hybridized carbons (Fsp3) is 0.333. The van der Waals surface area contributed by atoms with Crippen LogP contribution in [-0.4, -0.2) is 26.6 Å². The van der Waals surface area contributed by atoms with Crippen LogP contribution in [0.25, 0.3) is 0 Å². The highest BCUT2D eigenvalue weighted by Crippen LogP contribution is 2.32. The molecule has 23 heavy (non-hydrogen) atoms. The lowest BCUT2D eigenvalue weighted by atomic mass is 10.1. The summed E-state index contributed by atoms with van der Waals surface area (Å²) in [7, 11) is 0. The number of fused-ring (bicyclic) bond motifs is 2. The van der Waals surface area contributed by atoms with Gasteiger partial charge < -0.3 is 24.3 Å². The van der Waals surface area contributed by atoms with E-state index >= 15 is 0 Å². The van der Waals surface area contributed by atoms with Crippen molar-refractivity contribution in [1.82, 2.24) is 5.32 Å². The molecule has 4 rings (SSSR count). The van der Waals surface area contributed by atoms with Crippen LogP contribution in [-0.2, 0) is 13.0 Å². The van der Waals surface area contributed by atoms with Crippen LogP contribution in [0, 0.1) is 0 Å². The Labute approximate surface area is 135 Å². The van der Waals surface area contributed by atoms with Gasteiger partial charge in [-0.2, -0.15) is 0 Å². The molecule has 2 aliphatic heterocycles. The van der Waals surface area contributed by atoms with Gasteiger partial charge in [-0.3, -0.25) is 0 Å². The highest BCUT2D eigenvalue weighted by Gasteiger charge is 2.13. The van der Waals surface area contributed by atoms with Crippen LogP contribution in [0.1, 0.15) is 11.1 Å². The highest BCUT2D eigenvalue weighted by molar-refractivity contribution is 5.45. The van der Waals surface area contributed by atoms with Gasteiger partial charge in [-0.15, -0.1) is 0 Å². The number of hydrogen-bond acceptors (Lipinski definition) is 5. The number of benzene rings is 2. The fourth-order valence-corrected chi connectivity index (χ4v) is 2.76. The molecule has 0 fully saturated rings. The van der Waals surface area contributed by atoms with Crippen LogP contribution < -0.4 is 24.3 Å². The number of ether oxygens (including phenoxy) is 4. The van der Waals surface area contributed by atoms with Gasteiger partial charge in [0.2, 0.25) is 6.79 Å². The molecule has 2 aromatic rings. The summed E-state index contributed by atoms with van der Waals surface area (Å²) in [4.78, 5) is 0. The summed E-state index contributed by atoms with van der Waals surface area (Å²) in [5.74, 6) is 3.35. The Hall–Kier alpha value is -2.40. The molecule has 0 saturated heterocycles. The van der Waals surface area contributed by atoms with Crippen molar-refractivity contribution in [2.75, 3.05) is 26.6 Å². The molecule has 0 aliphatic carbocycles. The Morgan fingerprint density at radius 1 is 0.739 bits per heavy atom. The maximum Gasteiger partial charge on any atom is 0.231 e. The summed E-state index contributed by atoms with van der Waals surface area (Å²) in [5.41, 5.74) is 2.43. The maximum absolute atomic E-state index is 5.61. The van der Waals surface area contributed by atoms with Crippen molar-refractivity contribution >= 4 is 0 Å². The van der Waals surface area contributed by atoms with E-state index in [0.29, 0.717) is 20.0 Å². The summed E-state index contributed by atoms with van der Waals surface area (Å²) in [6.45, 7) is 3.27. The van der Waals surface area contributed by atoms with Crippen molar-refractivity contribution in [3.8, 4) is 23.0 Å². The largest absolute Gasteiger partial charge is 0.486 e. The lowest BCUT2D eigenvalue weighted by Gasteiger charge is -2.18. The molecule has 0 radical (unpaired) electrons. The standard InChI is InChI=1S/C18H19NO4/c1-3-15-17(21-8-7-20-15)9-13(1)5-6-19-11-14-2-4-16-18(10-14)23-12-22-16/h1-4,9-10,19H,5-8,11-12H2. The third kappa shape index (κ3) is 3.19. The maximum atomic E-state index is 5.61. The normalized spacial score (nSPS) is 14.8. The number of hydrogen-bond donors (Lipinski definition) is 1. The average molecular weight is 313 g/mol. The molecule has 5 heteroatoms. The van der Waals surface area contributed by atoms with Crippen molar-refractivity contribution in [1.29, 1.82) is 0 Å². The van der Waals surface area contributed by atoms with Crippen molar-refractivity contribution in [2.45, 2.75) is 13.0 Å². The minimum absolute atomic E-state index is 0.316. The van der Waals surface area contributed by atoms with E-state index in [1.807, 2.05) is 18.2 Å². The quantitative estimate of drug-likeness (QED) is 0.860. The van der Waals surface area contributed by atoms with Gasteiger partial charge in [0.05, 0.1) is 0 Å². The second-order valence-electron chi connectivity index (χ2n) is 5.59. The second kappa shape index (κ2) is 6.38. The first-order chi connectivity index (χ1) is 11.4. The third-order valence-electron chi connectivity index (χ3n) is 3.96. The van der Waals surface area contributed by atoms with Gasteiger partial charge in [0.1, 0.15) is 13.2 Å². The Kier molecular flexibility index (Phi) is 3.94. The first-order valence-corrected chi connectivity index (χ1v) is 7.86. The molecule has 0 saturated carbocycles. The lowest BCUT2D eigenvalue weighted by Crippen LogP contribution is -2.17. The van der Waals surface area contributed by atoms with E-state index < -0.39 is 0 Å². The van der Waals surface area contributed by atoms with E-state index in [-0.39, 0.29) is 0 Å². The predicted octanol–water partition coefficient (Wildman–Crippen LogP) is 2.52. The first kappa shape index (κ1) is 14.2. The first-order valence-electron chi connectivity index (χ1n) is 7.86. The number of nitrogens with one attached hydrogen (secondary N) is 1. The summed E-state index contributed by atoms with van der Waals surface area (Å²) in [6, 6.07) is 12.2. The molecular weight excluding hydrogens is 294 g/mol. The predicted molar refractivity (Wildman–Crippen MR) is 85.4 cm³/mol. The molecule has 2 heterocycles. The molecule has 0 spiro atoms. The van der Waals surface area contributed by atoms with E-state index in [2.05, 4.69) is 23.5 Å². The minimum atomic E-state index is 0.316. The van der Waals surface area contributed by atoms with Crippen LogP contribution in [0.5, 0.6) is 23.0 Å². The monoisotopic (exact) mass is 313 g/mol. The smallest absolute Gasteiger partial charge is 0.231 e. The molecule has 0 unspecified atom stereocenters. The Morgan fingerprint density at radius 3 is 2.30 bits per heavy atom. The Balaban J connectivity index is 1.29. The third-order valence-corrected chi connectivity index (χ3v) is 3.96. The molecule has 0 bridgehead atoms. The summed E-state index contributed by atoms with van der Waals surface area (Å²) >= 11 is 0. The Bertz CT molecular complexity index is 701. The molecule has 5 nitrogen and oxygen atoms in total. The Morgan fingerprint density at radius 2 is 1.39 bits per heavy atom. The molecular formula is C18H19NO4. The molecule has 0 amide bonds. The van der Waals surface area contributed by atoms with Crippen LogP contribution in [0.4, 0.5) is 0 Å². The van der Waals surface area contributed by atoms with Gasteiger partial charge in [-0.05, 0) is 48.4 Å². The number of rotatable bonds is 5. The van der Waals surface area contributed by atoms with Gasteiger partial charge in [-0.1, -0.05) is 12.1 Å². The summed E-state index contributed by atoms with van der Waals surface area (Å²) < 4.78 is 21.9. The molecule has 2 aliphatic rings. The van der Waals surface area contributed by atoms with Gasteiger partial charge in [-0.25, -0.2) is 0 Å². The summed E-state index contributed by atoms with van der Waals surface area (Å²) in [6.07, 6.45) is 0.946. The zero-order chi connectivity index (χ0) is 15.5. The van der Waals surface area contributed by atoms with Crippen molar-refractivity contribution in [3.63, 3.8) is 0 Å². The minimum Gasteiger partial charge on any atom is -0.486 e. The molecule has 1 N–H and O–H groups in total. The lowest BCUT2D eigenvalue weighted by molar-refractivity contribution is 0.171. The van der Waals surface area contributed by atoms with E-state index in [9.17, 15) is 0 Å². The van der Waals surface area contributed by atoms with Crippen molar-refractivity contribution in [2.24, 2.45) is 0 Å². The highest BCUT2D eigenvalue weighted by atomic mass is 16.7. The van der Waals surface area contributed by atoms with Crippen LogP contribution in [0.3, 0.4) is 0 Å². The molecule has 2 aromatic carbocycles. The van der Waals surface area contributed by atoms with Gasteiger partial charge in [0.25, 0.3) is 0 Å². The molecule has 0 aromatic heterocycles. The van der Waals surface area contributed by atoms with Gasteiger partial charge in [0.15, 0.2) is 23.0 Å². The van der Waals surface area contributed by atoms with Gasteiger partial charge >= 0.3 is 0 Å². The topological polar surface area (TPSA) is 49.0 Å². The van der Waals surface area contributed by atoms with E-state index in [0.717, 1.165) is 42.5 Å². The zero-order valence-electron chi connectivity index (χ0n) is 12.8. The average Bonchev–Trinajstić information content (AvgIpc) is 3.06. The van der Waals surface area contributed by atoms with Crippen LogP contribution in [0.2, 0.25) is 0 Å². The SMILES string of the molecule is c1cc2c(cc1CCNCc1ccc3c(c1)OCO3)OCCO2. The van der Waals surface area contributed by atoms with Crippen LogP contribution >= 0.6 is 0 Å². The molecule has 0 atom stereocenters. The fourth-order valence-electron chi connectivity index (χ4n) is 2.76. The van der Waals surface area contributed by atoms with E-state index in [4.69, 9.17) is 18.9 Å². The van der Waals surface area contributed by atoms with Crippen LogP contribution in [0.15, 0.2) is 36.4 Å². The van der Waals surface area contributed by atoms with E-state index in [1.165, 1.54) is 11.1 Å².